The summed E-state index contributed by atoms with van der Waals surface area (Å²) >= 11 is 0. The van der Waals surface area contributed by atoms with E-state index >= 15 is 0 Å². The van der Waals surface area contributed by atoms with Gasteiger partial charge in [-0.3, -0.25) is 0 Å². The molecule has 0 aromatic heterocycles. The zero-order valence-electron chi connectivity index (χ0n) is 11.8. The van der Waals surface area contributed by atoms with Crippen LogP contribution in [0.5, 0.6) is 0 Å². The van der Waals surface area contributed by atoms with Gasteiger partial charge in [-0.1, -0.05) is 6.58 Å². The molecule has 8 nitrogen and oxygen atoms in total. The maximum atomic E-state index is 13.1. The average Bonchev–Trinajstić information content (AvgIpc) is 2.40. The van der Waals surface area contributed by atoms with E-state index in [9.17, 15) is 44.5 Å². The molecule has 0 saturated carbocycles. The van der Waals surface area contributed by atoms with Crippen LogP contribution >= 0.6 is 0 Å². The summed E-state index contributed by atoms with van der Waals surface area (Å²) in [6, 6.07) is 0. The topological polar surface area (TPSA) is 119 Å². The number of hydrogen-bond donors (Lipinski definition) is 0. The maximum absolute atomic E-state index is 13.1. The fourth-order valence-corrected chi connectivity index (χ4v) is 1.26. The smallest absolute Gasteiger partial charge is 0.468 e. The third-order valence-corrected chi connectivity index (χ3v) is 2.99. The first-order chi connectivity index (χ1) is 10.6. The predicted molar refractivity (Wildman–Crippen MR) is 62.3 cm³/mol. The van der Waals surface area contributed by atoms with Crippen LogP contribution in [0.4, 0.5) is 22.0 Å². The van der Waals surface area contributed by atoms with Crippen LogP contribution in [0.1, 0.15) is 6.92 Å². The molecule has 14 heteroatoms. The molecule has 140 valence electrons. The Morgan fingerprint density at radius 3 is 2.04 bits per heavy atom. The van der Waals surface area contributed by atoms with Crippen LogP contribution in [0.3, 0.4) is 0 Å². The van der Waals surface area contributed by atoms with Gasteiger partial charge in [-0.2, -0.15) is 22.0 Å². The average molecular weight is 385 g/mol. The molecule has 0 fully saturated rings. The lowest BCUT2D eigenvalue weighted by Gasteiger charge is -2.33. The Kier molecular flexibility index (Phi) is 6.84. The minimum atomic E-state index is -6.43. The van der Waals surface area contributed by atoms with Crippen molar-refractivity contribution in [3.63, 3.8) is 0 Å². The number of esters is 2. The Labute approximate surface area is 131 Å². The Morgan fingerprint density at radius 2 is 1.71 bits per heavy atom. The van der Waals surface area contributed by atoms with Crippen LogP contribution in [0.25, 0.3) is 0 Å². The molecule has 0 aliphatic heterocycles. The lowest BCUT2D eigenvalue weighted by Crippen LogP contribution is -2.59. The standard InChI is InChI=1S/C10H11F5O8S/c1-3-6(16)23-9(10(13,14)15,7(17)21-4-2)22-5-8(11,12)24(18,19)20/h3H,1,4-5H2,2H3,(H,18,19,20)/p-1. The number of carbonyl (C=O) groups is 2. The van der Waals surface area contributed by atoms with Gasteiger partial charge in [0.25, 0.3) is 0 Å². The first-order valence-electron chi connectivity index (χ1n) is 5.71. The van der Waals surface area contributed by atoms with Gasteiger partial charge in [0.05, 0.1) is 6.61 Å². The summed E-state index contributed by atoms with van der Waals surface area (Å²) in [7, 11) is -6.43. The van der Waals surface area contributed by atoms with Crippen molar-refractivity contribution in [2.45, 2.75) is 24.1 Å². The second-order valence-electron chi connectivity index (χ2n) is 3.84. The summed E-state index contributed by atoms with van der Waals surface area (Å²) in [5.41, 5.74) is 0. The number of alkyl halides is 5. The predicted octanol–water partition coefficient (Wildman–Crippen LogP) is 0.692. The Hall–Kier alpha value is -1.80. The summed E-state index contributed by atoms with van der Waals surface area (Å²) in [5.74, 6) is -9.11. The van der Waals surface area contributed by atoms with Crippen LogP contribution in [0, 0.1) is 0 Å². The third-order valence-electron chi connectivity index (χ3n) is 2.14. The highest BCUT2D eigenvalue weighted by Gasteiger charge is 2.68. The number of hydrogen-bond acceptors (Lipinski definition) is 8. The van der Waals surface area contributed by atoms with Crippen molar-refractivity contribution >= 4 is 22.1 Å². The van der Waals surface area contributed by atoms with E-state index in [0.717, 1.165) is 6.92 Å². The quantitative estimate of drug-likeness (QED) is 0.197. The minimum Gasteiger partial charge on any atom is -0.743 e. The molecule has 0 aromatic carbocycles. The highest BCUT2D eigenvalue weighted by Crippen LogP contribution is 2.38. The normalized spacial score (nSPS) is 15.3. The molecular formula is C10H10F5O8S-. The molecule has 0 spiro atoms. The number of carbonyl (C=O) groups excluding carboxylic acids is 2. The largest absolute Gasteiger partial charge is 0.743 e. The number of halogens is 5. The number of ether oxygens (including phenoxy) is 3. The fraction of sp³-hybridized carbons (Fsp3) is 0.600. The van der Waals surface area contributed by atoms with Crippen molar-refractivity contribution in [2.75, 3.05) is 13.2 Å². The third kappa shape index (κ3) is 4.85. The van der Waals surface area contributed by atoms with E-state index in [-0.39, 0.29) is 6.08 Å². The van der Waals surface area contributed by atoms with E-state index in [0.29, 0.717) is 0 Å². The maximum Gasteiger partial charge on any atom is 0.468 e. The van der Waals surface area contributed by atoms with Gasteiger partial charge >= 0.3 is 29.2 Å². The van der Waals surface area contributed by atoms with E-state index in [2.05, 4.69) is 20.8 Å². The molecule has 0 radical (unpaired) electrons. The van der Waals surface area contributed by atoms with Gasteiger partial charge < -0.3 is 18.8 Å². The molecule has 0 bridgehead atoms. The van der Waals surface area contributed by atoms with Crippen LogP contribution in [-0.2, 0) is 33.9 Å². The summed E-state index contributed by atoms with van der Waals surface area (Å²) in [4.78, 5) is 22.5. The van der Waals surface area contributed by atoms with E-state index in [4.69, 9.17) is 0 Å². The molecule has 0 aliphatic carbocycles. The lowest BCUT2D eigenvalue weighted by molar-refractivity contribution is -0.359. The molecule has 0 rings (SSSR count). The lowest BCUT2D eigenvalue weighted by atomic mass is 10.2. The van der Waals surface area contributed by atoms with Crippen molar-refractivity contribution < 1.29 is 58.7 Å². The van der Waals surface area contributed by atoms with Gasteiger partial charge in [0, 0.05) is 6.08 Å². The Morgan fingerprint density at radius 1 is 1.21 bits per heavy atom. The Balaban J connectivity index is 5.96. The second kappa shape index (κ2) is 7.40. The fourth-order valence-electron chi connectivity index (χ4n) is 1.05. The van der Waals surface area contributed by atoms with Crippen molar-refractivity contribution in [3.05, 3.63) is 12.7 Å². The highest BCUT2D eigenvalue weighted by molar-refractivity contribution is 7.86. The van der Waals surface area contributed by atoms with Gasteiger partial charge in [0.1, 0.15) is 6.61 Å². The summed E-state index contributed by atoms with van der Waals surface area (Å²) in [5, 5.41) is -5.35. The van der Waals surface area contributed by atoms with Crippen molar-refractivity contribution in [1.82, 2.24) is 0 Å². The molecule has 0 aliphatic rings. The van der Waals surface area contributed by atoms with Crippen LogP contribution in [0.2, 0.25) is 0 Å². The summed E-state index contributed by atoms with van der Waals surface area (Å²) < 4.78 is 107. The van der Waals surface area contributed by atoms with Crippen LogP contribution < -0.4 is 0 Å². The van der Waals surface area contributed by atoms with Crippen molar-refractivity contribution in [1.29, 1.82) is 0 Å². The molecule has 0 amide bonds. The molecule has 0 aromatic rings. The zero-order chi connectivity index (χ0) is 19.4. The van der Waals surface area contributed by atoms with Gasteiger partial charge in [-0.25, -0.2) is 18.0 Å². The van der Waals surface area contributed by atoms with E-state index in [1.807, 2.05) is 0 Å². The first-order valence-corrected chi connectivity index (χ1v) is 7.12. The van der Waals surface area contributed by atoms with E-state index in [1.54, 1.807) is 0 Å². The first kappa shape index (κ1) is 22.2. The molecule has 0 heterocycles. The summed E-state index contributed by atoms with van der Waals surface area (Å²) in [6.07, 6.45) is -5.81. The van der Waals surface area contributed by atoms with Crippen LogP contribution in [-0.4, -0.2) is 55.3 Å². The van der Waals surface area contributed by atoms with Gasteiger partial charge in [-0.05, 0) is 6.92 Å². The van der Waals surface area contributed by atoms with Gasteiger partial charge in [0.15, 0.2) is 10.1 Å². The summed E-state index contributed by atoms with van der Waals surface area (Å²) in [6.45, 7) is 0.329. The molecule has 1 unspecified atom stereocenters. The van der Waals surface area contributed by atoms with Crippen molar-refractivity contribution in [3.8, 4) is 0 Å². The highest BCUT2D eigenvalue weighted by atomic mass is 32.2. The van der Waals surface area contributed by atoms with E-state index < -0.39 is 52.5 Å². The molecule has 0 saturated heterocycles. The minimum absolute atomic E-state index is 0.144. The SMILES string of the molecule is C=CC(=O)OC(OCC(F)(F)S(=O)(=O)[O-])(C(=O)OCC)C(F)(F)F. The Bertz CT molecular complexity index is 599. The number of rotatable bonds is 8. The van der Waals surface area contributed by atoms with Crippen molar-refractivity contribution in [2.24, 2.45) is 0 Å². The van der Waals surface area contributed by atoms with Crippen LogP contribution in [0.15, 0.2) is 12.7 Å². The van der Waals surface area contributed by atoms with E-state index in [1.165, 1.54) is 0 Å². The molecule has 0 N–H and O–H groups in total. The monoisotopic (exact) mass is 385 g/mol. The zero-order valence-corrected chi connectivity index (χ0v) is 12.6. The van der Waals surface area contributed by atoms with Gasteiger partial charge in [-0.15, -0.1) is 0 Å². The van der Waals surface area contributed by atoms with Gasteiger partial charge in [0.2, 0.25) is 0 Å². The molecular weight excluding hydrogens is 375 g/mol. The molecule has 24 heavy (non-hydrogen) atoms. The molecule has 1 atom stereocenters. The second-order valence-corrected chi connectivity index (χ2v) is 5.35.